The van der Waals surface area contributed by atoms with Crippen LogP contribution >= 0.6 is 34.5 Å². The molecule has 0 radical (unpaired) electrons. The maximum atomic E-state index is 14.3. The van der Waals surface area contributed by atoms with Gasteiger partial charge in [0.05, 0.1) is 11.7 Å². The van der Waals surface area contributed by atoms with Crippen LogP contribution in [0.25, 0.3) is 21.5 Å². The Bertz CT molecular complexity index is 1130. The summed E-state index contributed by atoms with van der Waals surface area (Å²) in [6, 6.07) is 8.25. The largest absolute Gasteiger partial charge is 0.359 e. The van der Waals surface area contributed by atoms with Gasteiger partial charge in [-0.2, -0.15) is 5.10 Å². The van der Waals surface area contributed by atoms with Crippen LogP contribution in [-0.2, 0) is 6.42 Å². The minimum absolute atomic E-state index is 0.190. The van der Waals surface area contributed by atoms with E-state index in [0.717, 1.165) is 10.9 Å². The summed E-state index contributed by atoms with van der Waals surface area (Å²) in [5, 5.41) is 21.0. The van der Waals surface area contributed by atoms with E-state index in [2.05, 4.69) is 25.7 Å². The number of nitrogens with two attached hydrogens (primary N) is 1. The highest BCUT2D eigenvalue weighted by molar-refractivity contribution is 7.18. The number of anilines is 1. The fourth-order valence-electron chi connectivity index (χ4n) is 2.79. The number of nitrogens with one attached hydrogen (secondary N) is 2. The lowest BCUT2D eigenvalue weighted by Crippen LogP contribution is -2.31. The molecule has 0 fully saturated rings. The van der Waals surface area contributed by atoms with E-state index in [1.165, 1.54) is 17.4 Å². The molecule has 6 nitrogen and oxygen atoms in total. The van der Waals surface area contributed by atoms with Gasteiger partial charge in [0.15, 0.2) is 5.01 Å². The van der Waals surface area contributed by atoms with Crippen LogP contribution in [0.4, 0.5) is 9.52 Å². The average Bonchev–Trinajstić information content (AvgIpc) is 3.30. The molecule has 0 saturated carbocycles. The lowest BCUT2D eigenvalue weighted by Gasteiger charge is -2.13. The predicted molar refractivity (Wildman–Crippen MR) is 112 cm³/mol. The Morgan fingerprint density at radius 3 is 2.89 bits per heavy atom. The molecule has 0 spiro atoms. The monoisotopic (exact) mass is 436 g/mol. The van der Waals surface area contributed by atoms with E-state index in [0.29, 0.717) is 44.2 Å². The Labute approximate surface area is 173 Å². The zero-order chi connectivity index (χ0) is 19.7. The van der Waals surface area contributed by atoms with E-state index in [4.69, 9.17) is 28.9 Å². The molecule has 4 N–H and O–H groups in total. The molecular weight excluding hydrogens is 422 g/mol. The molecule has 2 heterocycles. The van der Waals surface area contributed by atoms with Gasteiger partial charge in [0.25, 0.3) is 0 Å². The van der Waals surface area contributed by atoms with Gasteiger partial charge in [-0.3, -0.25) is 5.10 Å². The van der Waals surface area contributed by atoms with Gasteiger partial charge in [0, 0.05) is 39.6 Å². The molecule has 0 unspecified atom stereocenters. The molecule has 144 valence electrons. The number of H-pyrrole nitrogens is 1. The van der Waals surface area contributed by atoms with Gasteiger partial charge in [-0.15, -0.1) is 10.2 Å². The Morgan fingerprint density at radius 1 is 1.21 bits per heavy atom. The minimum atomic E-state index is -0.381. The van der Waals surface area contributed by atoms with Gasteiger partial charge in [0.2, 0.25) is 5.13 Å². The summed E-state index contributed by atoms with van der Waals surface area (Å²) < 4.78 is 14.3. The second-order valence-electron chi connectivity index (χ2n) is 6.28. The molecule has 0 saturated heterocycles. The number of fused-ring (bicyclic) bond motifs is 1. The highest BCUT2D eigenvalue weighted by Crippen LogP contribution is 2.31. The van der Waals surface area contributed by atoms with Crippen LogP contribution in [0.2, 0.25) is 10.0 Å². The van der Waals surface area contributed by atoms with E-state index in [9.17, 15) is 4.39 Å². The van der Waals surface area contributed by atoms with Gasteiger partial charge in [-0.25, -0.2) is 4.39 Å². The van der Waals surface area contributed by atoms with Crippen LogP contribution in [0.3, 0.4) is 0 Å². The lowest BCUT2D eigenvalue weighted by atomic mass is 10.1. The standard InChI is InChI=1S/C18H15Cl2FN6S/c19-11-2-1-9(14(20)5-11)3-12(22)8-23-18-27-26-17(28-18)13-4-10-7-24-25-16(10)6-15(13)21/h1-2,4-7,12H,3,8,22H2,(H,23,27)(H,24,25)/t12-/m1/s1. The van der Waals surface area contributed by atoms with Crippen molar-refractivity contribution >= 4 is 50.6 Å². The van der Waals surface area contributed by atoms with E-state index < -0.39 is 0 Å². The topological polar surface area (TPSA) is 92.5 Å². The summed E-state index contributed by atoms with van der Waals surface area (Å²) in [4.78, 5) is 0. The van der Waals surface area contributed by atoms with E-state index >= 15 is 0 Å². The lowest BCUT2D eigenvalue weighted by molar-refractivity contribution is 0.632. The Balaban J connectivity index is 1.42. The van der Waals surface area contributed by atoms with Crippen molar-refractivity contribution in [2.24, 2.45) is 5.73 Å². The first-order valence-corrected chi connectivity index (χ1v) is 9.96. The van der Waals surface area contributed by atoms with E-state index in [1.54, 1.807) is 24.4 Å². The summed E-state index contributed by atoms with van der Waals surface area (Å²) in [5.74, 6) is -0.381. The molecule has 0 aliphatic rings. The van der Waals surface area contributed by atoms with Crippen LogP contribution in [0.5, 0.6) is 0 Å². The highest BCUT2D eigenvalue weighted by atomic mass is 35.5. The van der Waals surface area contributed by atoms with Crippen LogP contribution in [0.1, 0.15) is 5.56 Å². The van der Waals surface area contributed by atoms with Crippen LogP contribution in [0.15, 0.2) is 36.5 Å². The number of benzene rings is 2. The van der Waals surface area contributed by atoms with Crippen molar-refractivity contribution in [2.45, 2.75) is 12.5 Å². The third-order valence-corrected chi connectivity index (χ3v) is 5.70. The second kappa shape index (κ2) is 8.00. The van der Waals surface area contributed by atoms with Gasteiger partial charge >= 0.3 is 0 Å². The summed E-state index contributed by atoms with van der Waals surface area (Å²) in [6.07, 6.45) is 2.22. The summed E-state index contributed by atoms with van der Waals surface area (Å²) in [7, 11) is 0. The molecule has 0 bridgehead atoms. The maximum absolute atomic E-state index is 14.3. The average molecular weight is 437 g/mol. The van der Waals surface area contributed by atoms with Gasteiger partial charge in [-0.05, 0) is 30.2 Å². The van der Waals surface area contributed by atoms with Gasteiger partial charge < -0.3 is 11.1 Å². The van der Waals surface area contributed by atoms with Gasteiger partial charge in [-0.1, -0.05) is 40.6 Å². The number of halogens is 3. The Hall–Kier alpha value is -2.26. The molecule has 10 heteroatoms. The van der Waals surface area contributed by atoms with E-state index in [-0.39, 0.29) is 11.9 Å². The van der Waals surface area contributed by atoms with Crippen molar-refractivity contribution in [3.8, 4) is 10.6 Å². The van der Waals surface area contributed by atoms with Crippen molar-refractivity contribution in [2.75, 3.05) is 11.9 Å². The number of aromatic amines is 1. The number of rotatable bonds is 6. The molecule has 4 rings (SSSR count). The van der Waals surface area contributed by atoms with Crippen molar-refractivity contribution in [3.05, 3.63) is 58.0 Å². The number of aromatic nitrogens is 4. The Morgan fingerprint density at radius 2 is 2.07 bits per heavy atom. The van der Waals surface area contributed by atoms with Crippen LogP contribution in [-0.4, -0.2) is 33.0 Å². The molecule has 2 aromatic heterocycles. The predicted octanol–water partition coefficient (Wildman–Crippen LogP) is 4.51. The molecule has 0 aliphatic carbocycles. The zero-order valence-corrected chi connectivity index (χ0v) is 16.7. The quantitative estimate of drug-likeness (QED) is 0.413. The molecule has 0 amide bonds. The Kier molecular flexibility index (Phi) is 5.45. The molecular formula is C18H15Cl2FN6S. The first kappa shape index (κ1) is 19.1. The summed E-state index contributed by atoms with van der Waals surface area (Å²) in [6.45, 7) is 0.469. The second-order valence-corrected chi connectivity index (χ2v) is 8.10. The molecule has 4 aromatic rings. The zero-order valence-electron chi connectivity index (χ0n) is 14.4. The van der Waals surface area contributed by atoms with Crippen LogP contribution < -0.4 is 11.1 Å². The number of hydrogen-bond acceptors (Lipinski definition) is 6. The summed E-state index contributed by atoms with van der Waals surface area (Å²) in [5.41, 5.74) is 8.13. The molecule has 0 aliphatic heterocycles. The minimum Gasteiger partial charge on any atom is -0.359 e. The number of nitrogens with zero attached hydrogens (tertiary/aromatic N) is 3. The maximum Gasteiger partial charge on any atom is 0.206 e. The molecule has 2 aromatic carbocycles. The fourth-order valence-corrected chi connectivity index (χ4v) is 4.05. The third kappa shape index (κ3) is 4.10. The highest BCUT2D eigenvalue weighted by Gasteiger charge is 2.14. The first-order chi connectivity index (χ1) is 13.5. The SMILES string of the molecule is N[C@@H](CNc1nnc(-c2cc3cn[nH]c3cc2F)s1)Cc1ccc(Cl)cc1Cl. The van der Waals surface area contributed by atoms with Gasteiger partial charge in [0.1, 0.15) is 5.82 Å². The van der Waals surface area contributed by atoms with Crippen molar-refractivity contribution in [1.29, 1.82) is 0 Å². The third-order valence-electron chi connectivity index (χ3n) is 4.20. The molecule has 28 heavy (non-hydrogen) atoms. The summed E-state index contributed by atoms with van der Waals surface area (Å²) >= 11 is 13.4. The van der Waals surface area contributed by atoms with Crippen molar-refractivity contribution in [3.63, 3.8) is 0 Å². The van der Waals surface area contributed by atoms with Crippen molar-refractivity contribution in [1.82, 2.24) is 20.4 Å². The normalized spacial score (nSPS) is 12.4. The number of hydrogen-bond donors (Lipinski definition) is 3. The smallest absolute Gasteiger partial charge is 0.206 e. The van der Waals surface area contributed by atoms with E-state index in [1.807, 2.05) is 6.07 Å². The van der Waals surface area contributed by atoms with Crippen LogP contribution in [0, 0.1) is 5.82 Å². The molecule has 1 atom stereocenters. The fraction of sp³-hybridized carbons (Fsp3) is 0.167. The van der Waals surface area contributed by atoms with Crippen molar-refractivity contribution < 1.29 is 4.39 Å². The first-order valence-electron chi connectivity index (χ1n) is 8.39.